The quantitative estimate of drug-likeness (QED) is 0.565. The Balaban J connectivity index is 2.28. The van der Waals surface area contributed by atoms with Gasteiger partial charge in [-0.05, 0) is 44.9 Å². The molecule has 1 aromatic heterocycles. The number of rotatable bonds is 5. The maximum absolute atomic E-state index is 12.6. The molecule has 27 heavy (non-hydrogen) atoms. The summed E-state index contributed by atoms with van der Waals surface area (Å²) < 4.78 is 10.6. The van der Waals surface area contributed by atoms with Gasteiger partial charge < -0.3 is 15.2 Å². The van der Waals surface area contributed by atoms with Gasteiger partial charge in [0.2, 0.25) is 5.13 Å². The summed E-state index contributed by atoms with van der Waals surface area (Å²) in [5.74, 6) is 0. The lowest BCUT2D eigenvalue weighted by Gasteiger charge is -2.24. The van der Waals surface area contributed by atoms with E-state index in [1.165, 1.54) is 11.3 Å². The van der Waals surface area contributed by atoms with Crippen LogP contribution in [0.3, 0.4) is 0 Å². The van der Waals surface area contributed by atoms with E-state index in [0.717, 1.165) is 21.8 Å². The number of carbonyl (C=O) groups is 2. The lowest BCUT2D eigenvalue weighted by molar-refractivity contribution is 0.0567. The summed E-state index contributed by atoms with van der Waals surface area (Å²) in [5, 5.41) is 0.192. The van der Waals surface area contributed by atoms with Crippen LogP contribution in [0.1, 0.15) is 40.5 Å². The molecule has 0 fully saturated rings. The van der Waals surface area contributed by atoms with Crippen LogP contribution in [0.2, 0.25) is 0 Å². The average Bonchev–Trinajstić information content (AvgIpc) is 3.03. The molecule has 2 N–H and O–H groups in total. The second-order valence-electron chi connectivity index (χ2n) is 6.91. The fourth-order valence-electron chi connectivity index (χ4n) is 2.06. The Morgan fingerprint density at radius 1 is 1.19 bits per heavy atom. The maximum atomic E-state index is 12.6. The number of amides is 2. The monoisotopic (exact) mass is 391 g/mol. The van der Waals surface area contributed by atoms with E-state index in [1.807, 2.05) is 19.1 Å². The molecule has 0 aliphatic rings. The predicted octanol–water partition coefficient (Wildman–Crippen LogP) is 5.07. The van der Waals surface area contributed by atoms with Gasteiger partial charge in [-0.3, -0.25) is 0 Å². The largest absolute Gasteiger partial charge is 0.449 e. The van der Waals surface area contributed by atoms with Gasteiger partial charge in [0.05, 0.1) is 11.5 Å². The Morgan fingerprint density at radius 2 is 1.85 bits per heavy atom. The van der Waals surface area contributed by atoms with E-state index in [1.54, 1.807) is 39.1 Å². The molecule has 7 nitrogen and oxygen atoms in total. The molecular weight excluding hydrogens is 366 g/mol. The molecule has 0 spiro atoms. The van der Waals surface area contributed by atoms with Crippen molar-refractivity contribution in [2.75, 3.05) is 17.2 Å². The van der Waals surface area contributed by atoms with Crippen molar-refractivity contribution in [3.63, 3.8) is 0 Å². The Morgan fingerprint density at radius 3 is 2.44 bits per heavy atom. The predicted molar refractivity (Wildman–Crippen MR) is 107 cm³/mol. The van der Waals surface area contributed by atoms with Gasteiger partial charge in [0.15, 0.2) is 0 Å². The van der Waals surface area contributed by atoms with Crippen molar-refractivity contribution in [3.05, 3.63) is 30.5 Å². The Hall–Kier alpha value is -2.61. The highest BCUT2D eigenvalue weighted by Gasteiger charge is 2.32. The summed E-state index contributed by atoms with van der Waals surface area (Å²) in [6.07, 6.45) is 1.57. The zero-order valence-electron chi connectivity index (χ0n) is 16.0. The van der Waals surface area contributed by atoms with E-state index < -0.39 is 17.8 Å². The summed E-state index contributed by atoms with van der Waals surface area (Å²) in [7, 11) is 0. The van der Waals surface area contributed by atoms with Crippen LogP contribution in [-0.2, 0) is 9.47 Å². The number of hydrogen-bond donors (Lipinski definition) is 1. The van der Waals surface area contributed by atoms with Crippen LogP contribution < -0.4 is 10.6 Å². The van der Waals surface area contributed by atoms with Crippen molar-refractivity contribution in [2.45, 2.75) is 46.1 Å². The summed E-state index contributed by atoms with van der Waals surface area (Å²) in [5.41, 5.74) is 6.49. The van der Waals surface area contributed by atoms with E-state index in [9.17, 15) is 9.59 Å². The number of carbonyl (C=O) groups excluding carboxylic acids is 2. The molecule has 0 unspecified atom stereocenters. The van der Waals surface area contributed by atoms with Gasteiger partial charge in [-0.25, -0.2) is 14.6 Å². The molecule has 0 saturated carbocycles. The second kappa shape index (κ2) is 8.85. The van der Waals surface area contributed by atoms with Crippen molar-refractivity contribution in [1.29, 1.82) is 0 Å². The molecule has 8 heteroatoms. The van der Waals surface area contributed by atoms with Crippen LogP contribution in [-0.4, -0.2) is 29.4 Å². The highest BCUT2D eigenvalue weighted by molar-refractivity contribution is 7.19. The number of nitrogen functional groups attached to an aromatic ring is 1. The van der Waals surface area contributed by atoms with E-state index in [0.29, 0.717) is 12.1 Å². The molecule has 2 aromatic rings. The first-order chi connectivity index (χ1) is 12.7. The molecule has 0 aliphatic carbocycles. The normalized spacial score (nSPS) is 11.1. The van der Waals surface area contributed by atoms with Gasteiger partial charge in [0, 0.05) is 11.9 Å². The molecule has 0 bridgehead atoms. The van der Waals surface area contributed by atoms with Gasteiger partial charge in [-0.2, -0.15) is 4.90 Å². The molecular formula is C19H25N3O4S. The van der Waals surface area contributed by atoms with Crippen molar-refractivity contribution >= 4 is 34.3 Å². The molecule has 0 saturated heterocycles. The molecule has 0 atom stereocenters. The highest BCUT2D eigenvalue weighted by atomic mass is 32.1. The number of anilines is 2. The Bertz CT molecular complexity index is 781. The number of nitrogens with zero attached hydrogens (tertiary/aromatic N) is 2. The van der Waals surface area contributed by atoms with Gasteiger partial charge in [-0.1, -0.05) is 36.8 Å². The average molecular weight is 391 g/mol. The Kier molecular flexibility index (Phi) is 6.79. The minimum absolute atomic E-state index is 0.192. The Labute approximate surface area is 163 Å². The van der Waals surface area contributed by atoms with Crippen LogP contribution in [0.4, 0.5) is 20.4 Å². The second-order valence-corrected chi connectivity index (χ2v) is 7.92. The summed E-state index contributed by atoms with van der Waals surface area (Å²) in [6.45, 7) is 7.40. The minimum atomic E-state index is -0.817. The molecule has 0 aliphatic heterocycles. The van der Waals surface area contributed by atoms with Gasteiger partial charge >= 0.3 is 12.2 Å². The topological polar surface area (TPSA) is 94.8 Å². The number of thiazole rings is 1. The van der Waals surface area contributed by atoms with Crippen molar-refractivity contribution in [1.82, 2.24) is 4.98 Å². The number of nitrogens with two attached hydrogens (primary N) is 1. The van der Waals surface area contributed by atoms with Crippen molar-refractivity contribution < 1.29 is 19.1 Å². The summed E-state index contributed by atoms with van der Waals surface area (Å²) in [6, 6.07) is 7.26. The third kappa shape index (κ3) is 5.96. The zero-order chi connectivity index (χ0) is 20.0. The van der Waals surface area contributed by atoms with Crippen LogP contribution in [0.15, 0.2) is 30.5 Å². The van der Waals surface area contributed by atoms with Crippen LogP contribution in [0.5, 0.6) is 0 Å². The molecule has 2 amide bonds. The fourth-order valence-corrected chi connectivity index (χ4v) is 2.96. The fraction of sp³-hybridized carbons (Fsp3) is 0.421. The van der Waals surface area contributed by atoms with Gasteiger partial charge in [0.1, 0.15) is 5.60 Å². The summed E-state index contributed by atoms with van der Waals surface area (Å²) >= 11 is 1.19. The number of hydrogen-bond acceptors (Lipinski definition) is 7. The van der Waals surface area contributed by atoms with Crippen molar-refractivity contribution in [2.24, 2.45) is 0 Å². The molecule has 146 valence electrons. The summed E-state index contributed by atoms with van der Waals surface area (Å²) in [4.78, 5) is 30.9. The maximum Gasteiger partial charge on any atom is 0.426 e. The first-order valence-corrected chi connectivity index (χ1v) is 9.54. The number of ether oxygens (including phenoxy) is 2. The van der Waals surface area contributed by atoms with E-state index in [2.05, 4.69) is 4.98 Å². The number of benzene rings is 1. The van der Waals surface area contributed by atoms with E-state index >= 15 is 0 Å². The third-order valence-corrected chi connectivity index (χ3v) is 4.39. The lowest BCUT2D eigenvalue weighted by Crippen LogP contribution is -2.41. The SMILES string of the molecule is CCCCOC(=O)N(C(=O)OC(C)(C)C)c1ncc(-c2ccc(N)cc2)s1. The smallest absolute Gasteiger partial charge is 0.426 e. The molecule has 2 rings (SSSR count). The third-order valence-electron chi connectivity index (χ3n) is 3.36. The van der Waals surface area contributed by atoms with Crippen molar-refractivity contribution in [3.8, 4) is 10.4 Å². The number of imide groups is 1. The van der Waals surface area contributed by atoms with Gasteiger partial charge in [-0.15, -0.1) is 0 Å². The number of unbranched alkanes of at least 4 members (excludes halogenated alkanes) is 1. The minimum Gasteiger partial charge on any atom is -0.449 e. The molecule has 1 heterocycles. The highest BCUT2D eigenvalue weighted by Crippen LogP contribution is 2.32. The number of aromatic nitrogens is 1. The zero-order valence-corrected chi connectivity index (χ0v) is 16.8. The first kappa shape index (κ1) is 20.7. The van der Waals surface area contributed by atoms with Gasteiger partial charge in [0.25, 0.3) is 0 Å². The van der Waals surface area contributed by atoms with E-state index in [4.69, 9.17) is 15.2 Å². The van der Waals surface area contributed by atoms with Crippen LogP contribution in [0, 0.1) is 0 Å². The van der Waals surface area contributed by atoms with Crippen LogP contribution in [0.25, 0.3) is 10.4 Å². The standard InChI is InChI=1S/C19H25N3O4S/c1-5-6-11-25-17(23)22(18(24)26-19(2,3)4)16-21-12-15(27-16)13-7-9-14(20)10-8-13/h7-10,12H,5-6,11,20H2,1-4H3. The van der Waals surface area contributed by atoms with Crippen LogP contribution >= 0.6 is 11.3 Å². The lowest BCUT2D eigenvalue weighted by atomic mass is 10.2. The molecule has 1 aromatic carbocycles. The first-order valence-electron chi connectivity index (χ1n) is 8.73. The van der Waals surface area contributed by atoms with E-state index in [-0.39, 0.29) is 11.7 Å². The molecule has 0 radical (unpaired) electrons.